The minimum atomic E-state index is -0.326. The van der Waals surface area contributed by atoms with Crippen LogP contribution in [0.3, 0.4) is 0 Å². The molecule has 1 unspecified atom stereocenters. The molecule has 0 saturated heterocycles. The number of fused-ring (bicyclic) bond motifs is 1. The molecule has 0 aliphatic heterocycles. The van der Waals surface area contributed by atoms with Crippen molar-refractivity contribution in [3.8, 4) is 0 Å². The van der Waals surface area contributed by atoms with Gasteiger partial charge < -0.3 is 5.11 Å². The lowest BCUT2D eigenvalue weighted by atomic mass is 9.89. The van der Waals surface area contributed by atoms with Crippen LogP contribution in [0.5, 0.6) is 0 Å². The smallest absolute Gasteiger partial charge is 0.138 e. The van der Waals surface area contributed by atoms with Crippen molar-refractivity contribution in [3.05, 3.63) is 0 Å². The largest absolute Gasteiger partial charge is 0.392 e. The second kappa shape index (κ2) is 3.17. The van der Waals surface area contributed by atoms with Crippen LogP contribution >= 0.6 is 0 Å². The van der Waals surface area contributed by atoms with Crippen LogP contribution in [-0.2, 0) is 4.79 Å². The number of carbonyl (C=O) groups is 1. The molecule has 0 spiro atoms. The van der Waals surface area contributed by atoms with Gasteiger partial charge in [0.25, 0.3) is 0 Å². The van der Waals surface area contributed by atoms with Crippen molar-refractivity contribution in [2.24, 2.45) is 11.8 Å². The van der Waals surface area contributed by atoms with Crippen molar-refractivity contribution < 1.29 is 9.90 Å². The lowest BCUT2D eigenvalue weighted by molar-refractivity contribution is -0.124. The van der Waals surface area contributed by atoms with Gasteiger partial charge in [-0.25, -0.2) is 0 Å². The van der Waals surface area contributed by atoms with Gasteiger partial charge in [-0.3, -0.25) is 4.79 Å². The lowest BCUT2D eigenvalue weighted by Crippen LogP contribution is -2.27. The Balaban J connectivity index is 2.14. The Morgan fingerprint density at radius 2 is 1.92 bits per heavy atom. The van der Waals surface area contributed by atoms with Gasteiger partial charge in [-0.1, -0.05) is 12.8 Å². The molecule has 2 rings (SSSR count). The second-order valence-corrected chi connectivity index (χ2v) is 4.14. The van der Waals surface area contributed by atoms with Gasteiger partial charge in [0.15, 0.2) is 0 Å². The van der Waals surface area contributed by atoms with E-state index >= 15 is 0 Å². The van der Waals surface area contributed by atoms with E-state index in [9.17, 15) is 9.90 Å². The summed E-state index contributed by atoms with van der Waals surface area (Å²) in [5.74, 6) is 0.830. The number of carbonyl (C=O) groups excluding carboxylic acids is 1. The number of ketones is 1. The van der Waals surface area contributed by atoms with Crippen LogP contribution in [0.25, 0.3) is 0 Å². The highest BCUT2D eigenvalue weighted by atomic mass is 16.3. The molecule has 2 aliphatic rings. The van der Waals surface area contributed by atoms with Gasteiger partial charge in [-0.15, -0.1) is 0 Å². The molecule has 0 radical (unpaired) electrons. The van der Waals surface area contributed by atoms with E-state index in [1.165, 1.54) is 6.42 Å². The molecule has 0 aromatic heterocycles. The summed E-state index contributed by atoms with van der Waals surface area (Å²) in [7, 11) is 0. The Labute approximate surface area is 73.0 Å². The molecular weight excluding hydrogens is 152 g/mol. The van der Waals surface area contributed by atoms with Gasteiger partial charge in [-0.05, 0) is 25.2 Å². The van der Waals surface area contributed by atoms with Crippen LogP contribution in [0, 0.1) is 11.8 Å². The number of hydrogen-bond acceptors (Lipinski definition) is 2. The minimum Gasteiger partial charge on any atom is -0.392 e. The Bertz CT molecular complexity index is 188. The first kappa shape index (κ1) is 8.24. The average molecular weight is 168 g/mol. The summed E-state index contributed by atoms with van der Waals surface area (Å²) in [6.45, 7) is 0. The van der Waals surface area contributed by atoms with Gasteiger partial charge >= 0.3 is 0 Å². The number of Topliss-reactive ketones (excluding diaryl/α,β-unsaturated/α-hetero) is 1. The summed E-state index contributed by atoms with van der Waals surface area (Å²) >= 11 is 0. The van der Waals surface area contributed by atoms with Crippen molar-refractivity contribution in [2.75, 3.05) is 0 Å². The van der Waals surface area contributed by atoms with E-state index in [1.807, 2.05) is 0 Å². The molecule has 0 bridgehead atoms. The quantitative estimate of drug-likeness (QED) is 0.595. The van der Waals surface area contributed by atoms with Crippen LogP contribution in [0.4, 0.5) is 0 Å². The molecule has 12 heavy (non-hydrogen) atoms. The standard InChI is InChI=1S/C10H16O2/c11-8-4-2-1-3-7-5-6-9(12)10(7)8/h7-8,10-11H,1-6H2/t7-,8?,10+/m0/s1. The normalized spacial score (nSPS) is 42.4. The topological polar surface area (TPSA) is 37.3 Å². The summed E-state index contributed by atoms with van der Waals surface area (Å²) < 4.78 is 0. The molecular formula is C10H16O2. The van der Waals surface area contributed by atoms with Gasteiger partial charge in [0.2, 0.25) is 0 Å². The average Bonchev–Trinajstić information content (AvgIpc) is 2.29. The first-order valence-corrected chi connectivity index (χ1v) is 5.00. The van der Waals surface area contributed by atoms with Crippen molar-refractivity contribution in [2.45, 2.75) is 44.6 Å². The number of hydrogen-bond donors (Lipinski definition) is 1. The number of aliphatic hydroxyl groups excluding tert-OH is 1. The Morgan fingerprint density at radius 1 is 1.17 bits per heavy atom. The molecule has 68 valence electrons. The highest BCUT2D eigenvalue weighted by Gasteiger charge is 2.39. The maximum absolute atomic E-state index is 11.4. The monoisotopic (exact) mass is 168 g/mol. The first-order chi connectivity index (χ1) is 5.79. The number of rotatable bonds is 0. The molecule has 0 aromatic rings. The molecule has 1 N–H and O–H groups in total. The van der Waals surface area contributed by atoms with Crippen LogP contribution in [0.1, 0.15) is 38.5 Å². The fraction of sp³-hybridized carbons (Fsp3) is 0.900. The van der Waals surface area contributed by atoms with E-state index in [1.54, 1.807) is 0 Å². The van der Waals surface area contributed by atoms with E-state index in [0.717, 1.165) is 25.7 Å². The third-order valence-corrected chi connectivity index (χ3v) is 3.38. The maximum Gasteiger partial charge on any atom is 0.138 e. The van der Waals surface area contributed by atoms with E-state index in [4.69, 9.17) is 0 Å². The molecule has 2 aliphatic carbocycles. The second-order valence-electron chi connectivity index (χ2n) is 4.14. The molecule has 3 atom stereocenters. The van der Waals surface area contributed by atoms with Crippen LogP contribution < -0.4 is 0 Å². The highest BCUT2D eigenvalue weighted by Crippen LogP contribution is 2.38. The van der Waals surface area contributed by atoms with Gasteiger partial charge in [-0.2, -0.15) is 0 Å². The zero-order valence-electron chi connectivity index (χ0n) is 7.33. The van der Waals surface area contributed by atoms with Crippen molar-refractivity contribution in [3.63, 3.8) is 0 Å². The van der Waals surface area contributed by atoms with E-state index in [2.05, 4.69) is 0 Å². The maximum atomic E-state index is 11.4. The Morgan fingerprint density at radius 3 is 2.75 bits per heavy atom. The van der Waals surface area contributed by atoms with E-state index in [-0.39, 0.29) is 12.0 Å². The fourth-order valence-electron chi connectivity index (χ4n) is 2.73. The summed E-state index contributed by atoms with van der Waals surface area (Å²) in [5, 5.41) is 9.71. The first-order valence-electron chi connectivity index (χ1n) is 5.00. The molecule has 2 heteroatoms. The van der Waals surface area contributed by atoms with Crippen molar-refractivity contribution in [1.29, 1.82) is 0 Å². The van der Waals surface area contributed by atoms with Crippen molar-refractivity contribution >= 4 is 5.78 Å². The number of aliphatic hydroxyl groups is 1. The zero-order valence-corrected chi connectivity index (χ0v) is 7.33. The van der Waals surface area contributed by atoms with E-state index in [0.29, 0.717) is 18.1 Å². The Kier molecular flexibility index (Phi) is 2.18. The predicted octanol–water partition coefficient (Wildman–Crippen LogP) is 1.52. The SMILES string of the molecule is O=C1CC[C@@H]2CCCCC(O)[C@H]12. The Hall–Kier alpha value is -0.370. The van der Waals surface area contributed by atoms with Crippen LogP contribution in [0.15, 0.2) is 0 Å². The molecule has 2 fully saturated rings. The molecule has 0 amide bonds. The molecule has 0 aromatic carbocycles. The highest BCUT2D eigenvalue weighted by molar-refractivity contribution is 5.84. The summed E-state index contributed by atoms with van der Waals surface area (Å²) in [6.07, 6.45) is 5.72. The summed E-state index contributed by atoms with van der Waals surface area (Å²) in [5.41, 5.74) is 0. The minimum absolute atomic E-state index is 0.00694. The van der Waals surface area contributed by atoms with Crippen molar-refractivity contribution in [1.82, 2.24) is 0 Å². The van der Waals surface area contributed by atoms with Gasteiger partial charge in [0, 0.05) is 12.3 Å². The zero-order chi connectivity index (χ0) is 8.55. The third-order valence-electron chi connectivity index (χ3n) is 3.38. The van der Waals surface area contributed by atoms with Gasteiger partial charge in [0.1, 0.15) is 5.78 Å². The molecule has 2 saturated carbocycles. The van der Waals surface area contributed by atoms with Gasteiger partial charge in [0.05, 0.1) is 6.10 Å². The summed E-state index contributed by atoms with van der Waals surface area (Å²) in [6, 6.07) is 0. The fourth-order valence-corrected chi connectivity index (χ4v) is 2.73. The summed E-state index contributed by atoms with van der Waals surface area (Å²) in [4.78, 5) is 11.4. The molecule has 0 heterocycles. The third kappa shape index (κ3) is 1.28. The molecule has 2 nitrogen and oxygen atoms in total. The lowest BCUT2D eigenvalue weighted by Gasteiger charge is -2.19. The van der Waals surface area contributed by atoms with Crippen LogP contribution in [0.2, 0.25) is 0 Å². The van der Waals surface area contributed by atoms with Crippen LogP contribution in [-0.4, -0.2) is 17.0 Å². The van der Waals surface area contributed by atoms with E-state index < -0.39 is 0 Å². The predicted molar refractivity (Wildman–Crippen MR) is 45.7 cm³/mol.